The highest BCUT2D eigenvalue weighted by Gasteiger charge is 2.19. The zero-order valence-electron chi connectivity index (χ0n) is 16.7. The second kappa shape index (κ2) is 7.37. The molecule has 4 aromatic rings. The fourth-order valence-electron chi connectivity index (χ4n) is 4.07. The Bertz CT molecular complexity index is 1310. The maximum Gasteiger partial charge on any atom is 0.346 e. The molecule has 0 fully saturated rings. The first-order valence-electron chi connectivity index (χ1n) is 10.1. The van der Waals surface area contributed by atoms with Crippen LogP contribution in [0.15, 0.2) is 45.6 Å². The third-order valence-electron chi connectivity index (χ3n) is 5.55. The monoisotopic (exact) mass is 406 g/mol. The first-order chi connectivity index (χ1) is 14.6. The van der Waals surface area contributed by atoms with Gasteiger partial charge in [0.2, 0.25) is 5.91 Å². The number of furan rings is 1. The van der Waals surface area contributed by atoms with Crippen LogP contribution in [0, 0.1) is 0 Å². The molecule has 0 saturated carbocycles. The highest BCUT2D eigenvalue weighted by Crippen LogP contribution is 2.36. The maximum atomic E-state index is 12.7. The van der Waals surface area contributed by atoms with Crippen molar-refractivity contribution in [2.45, 2.75) is 38.8 Å². The average molecular weight is 406 g/mol. The molecule has 0 aliphatic carbocycles. The summed E-state index contributed by atoms with van der Waals surface area (Å²) in [5.74, 6) is 0.932. The SMILES string of the molecule is COc1cc2c(cc1NC(=O)Cn1nc3n(c1=O)CCCCC3)oc1ccccc12. The molecule has 8 nitrogen and oxygen atoms in total. The number of amides is 1. The Labute approximate surface area is 172 Å². The lowest BCUT2D eigenvalue weighted by molar-refractivity contribution is -0.117. The van der Waals surface area contributed by atoms with Crippen molar-refractivity contribution < 1.29 is 13.9 Å². The van der Waals surface area contributed by atoms with Gasteiger partial charge in [-0.05, 0) is 25.0 Å². The van der Waals surface area contributed by atoms with Crippen molar-refractivity contribution in [1.82, 2.24) is 14.3 Å². The molecule has 0 saturated heterocycles. The van der Waals surface area contributed by atoms with Gasteiger partial charge in [-0.15, -0.1) is 0 Å². The normalized spacial score (nSPS) is 13.9. The summed E-state index contributed by atoms with van der Waals surface area (Å²) < 4.78 is 14.3. The number of nitrogens with zero attached hydrogens (tertiary/aromatic N) is 3. The van der Waals surface area contributed by atoms with Crippen molar-refractivity contribution in [1.29, 1.82) is 0 Å². The van der Waals surface area contributed by atoms with Crippen LogP contribution in [0.2, 0.25) is 0 Å². The summed E-state index contributed by atoms with van der Waals surface area (Å²) >= 11 is 0. The topological polar surface area (TPSA) is 91.3 Å². The van der Waals surface area contributed by atoms with E-state index in [1.54, 1.807) is 17.7 Å². The van der Waals surface area contributed by atoms with E-state index >= 15 is 0 Å². The molecular formula is C22H22N4O4. The van der Waals surface area contributed by atoms with E-state index in [9.17, 15) is 9.59 Å². The first-order valence-corrected chi connectivity index (χ1v) is 10.1. The predicted octanol–water partition coefficient (Wildman–Crippen LogP) is 3.32. The Kier molecular flexibility index (Phi) is 4.54. The van der Waals surface area contributed by atoms with Gasteiger partial charge >= 0.3 is 5.69 Å². The van der Waals surface area contributed by atoms with Gasteiger partial charge in [0.25, 0.3) is 0 Å². The van der Waals surface area contributed by atoms with E-state index in [0.717, 1.165) is 47.9 Å². The molecule has 0 radical (unpaired) electrons. The van der Waals surface area contributed by atoms with Crippen molar-refractivity contribution >= 4 is 33.5 Å². The number of para-hydroxylation sites is 1. The Balaban J connectivity index is 1.43. The number of benzene rings is 2. The molecule has 30 heavy (non-hydrogen) atoms. The Morgan fingerprint density at radius 3 is 2.90 bits per heavy atom. The molecule has 5 rings (SSSR count). The summed E-state index contributed by atoms with van der Waals surface area (Å²) in [4.78, 5) is 25.3. The molecule has 3 heterocycles. The van der Waals surface area contributed by atoms with Crippen LogP contribution in [-0.2, 0) is 24.3 Å². The summed E-state index contributed by atoms with van der Waals surface area (Å²) in [5, 5.41) is 9.10. The Morgan fingerprint density at radius 1 is 1.17 bits per heavy atom. The predicted molar refractivity (Wildman–Crippen MR) is 113 cm³/mol. The summed E-state index contributed by atoms with van der Waals surface area (Å²) in [6.07, 6.45) is 3.82. The van der Waals surface area contributed by atoms with Crippen LogP contribution in [0.25, 0.3) is 21.9 Å². The molecular weight excluding hydrogens is 384 g/mol. The highest BCUT2D eigenvalue weighted by atomic mass is 16.5. The van der Waals surface area contributed by atoms with E-state index in [2.05, 4.69) is 10.4 Å². The fourth-order valence-corrected chi connectivity index (χ4v) is 4.07. The van der Waals surface area contributed by atoms with Gasteiger partial charge in [0.1, 0.15) is 29.3 Å². The number of hydrogen-bond acceptors (Lipinski definition) is 5. The molecule has 0 atom stereocenters. The van der Waals surface area contributed by atoms with E-state index < -0.39 is 0 Å². The molecule has 1 amide bonds. The van der Waals surface area contributed by atoms with Crippen molar-refractivity contribution in [2.24, 2.45) is 0 Å². The number of hydrogen-bond donors (Lipinski definition) is 1. The van der Waals surface area contributed by atoms with E-state index in [-0.39, 0.29) is 18.1 Å². The van der Waals surface area contributed by atoms with Gasteiger partial charge in [-0.25, -0.2) is 9.48 Å². The van der Waals surface area contributed by atoms with Crippen LogP contribution < -0.4 is 15.7 Å². The van der Waals surface area contributed by atoms with Crippen LogP contribution >= 0.6 is 0 Å². The minimum Gasteiger partial charge on any atom is -0.495 e. The summed E-state index contributed by atoms with van der Waals surface area (Å²) in [6.45, 7) is 0.506. The number of carbonyl (C=O) groups excluding carboxylic acids is 1. The van der Waals surface area contributed by atoms with Gasteiger partial charge in [0.15, 0.2) is 0 Å². The number of aromatic nitrogens is 3. The van der Waals surface area contributed by atoms with Crippen molar-refractivity contribution in [2.75, 3.05) is 12.4 Å². The molecule has 1 N–H and O–H groups in total. The molecule has 8 heteroatoms. The largest absolute Gasteiger partial charge is 0.495 e. The highest BCUT2D eigenvalue weighted by molar-refractivity contribution is 6.07. The van der Waals surface area contributed by atoms with Crippen LogP contribution in [0.3, 0.4) is 0 Å². The fraction of sp³-hybridized carbons (Fsp3) is 0.318. The second-order valence-corrected chi connectivity index (χ2v) is 7.51. The minimum atomic E-state index is -0.348. The number of ether oxygens (including phenoxy) is 1. The van der Waals surface area contributed by atoms with E-state index in [4.69, 9.17) is 9.15 Å². The van der Waals surface area contributed by atoms with Gasteiger partial charge in [-0.3, -0.25) is 9.36 Å². The molecule has 2 aromatic carbocycles. The number of nitrogens with one attached hydrogen (secondary N) is 1. The average Bonchev–Trinajstić information content (AvgIpc) is 3.13. The van der Waals surface area contributed by atoms with E-state index in [0.29, 0.717) is 23.6 Å². The molecule has 2 aromatic heterocycles. The number of fused-ring (bicyclic) bond motifs is 4. The summed E-state index contributed by atoms with van der Waals surface area (Å²) in [6, 6.07) is 11.3. The quantitative estimate of drug-likeness (QED) is 0.561. The molecule has 1 aliphatic rings. The lowest BCUT2D eigenvalue weighted by Gasteiger charge is -2.10. The van der Waals surface area contributed by atoms with Crippen LogP contribution in [-0.4, -0.2) is 27.4 Å². The third-order valence-corrected chi connectivity index (χ3v) is 5.55. The lowest BCUT2D eigenvalue weighted by Crippen LogP contribution is -2.30. The van der Waals surface area contributed by atoms with Crippen molar-refractivity contribution in [3.05, 3.63) is 52.7 Å². The third kappa shape index (κ3) is 3.14. The number of methoxy groups -OCH3 is 1. The Hall–Kier alpha value is -3.55. The molecule has 0 bridgehead atoms. The smallest absolute Gasteiger partial charge is 0.346 e. The van der Waals surface area contributed by atoms with Crippen LogP contribution in [0.5, 0.6) is 5.75 Å². The first kappa shape index (κ1) is 18.5. The van der Waals surface area contributed by atoms with E-state index in [1.807, 2.05) is 30.3 Å². The minimum absolute atomic E-state index is 0.153. The van der Waals surface area contributed by atoms with Gasteiger partial charge in [0, 0.05) is 29.8 Å². The van der Waals surface area contributed by atoms with Crippen LogP contribution in [0.1, 0.15) is 25.1 Å². The zero-order chi connectivity index (χ0) is 20.7. The number of aryl methyl sites for hydroxylation is 1. The van der Waals surface area contributed by atoms with Gasteiger partial charge < -0.3 is 14.5 Å². The maximum absolute atomic E-state index is 12.7. The standard InChI is InChI=1S/C22H22N4O4/c1-29-19-11-15-14-7-4-5-8-17(14)30-18(15)12-16(19)23-21(27)13-26-22(28)25-10-6-2-3-9-20(25)24-26/h4-5,7-8,11-12H,2-3,6,9-10,13H2,1H3,(H,23,27). The van der Waals surface area contributed by atoms with Crippen molar-refractivity contribution in [3.63, 3.8) is 0 Å². The molecule has 154 valence electrons. The number of carbonyl (C=O) groups is 1. The van der Waals surface area contributed by atoms with E-state index in [1.165, 1.54) is 4.68 Å². The summed E-state index contributed by atoms with van der Waals surface area (Å²) in [5.41, 5.74) is 1.67. The Morgan fingerprint density at radius 2 is 2.03 bits per heavy atom. The molecule has 0 spiro atoms. The number of anilines is 1. The molecule has 0 unspecified atom stereocenters. The molecule has 1 aliphatic heterocycles. The van der Waals surface area contributed by atoms with Crippen molar-refractivity contribution in [3.8, 4) is 5.75 Å². The summed E-state index contributed by atoms with van der Waals surface area (Å²) in [7, 11) is 1.55. The van der Waals surface area contributed by atoms with Gasteiger partial charge in [-0.1, -0.05) is 24.6 Å². The zero-order valence-corrected chi connectivity index (χ0v) is 16.7. The second-order valence-electron chi connectivity index (χ2n) is 7.51. The van der Waals surface area contributed by atoms with Gasteiger partial charge in [-0.2, -0.15) is 5.10 Å². The van der Waals surface area contributed by atoms with Gasteiger partial charge in [0.05, 0.1) is 12.8 Å². The lowest BCUT2D eigenvalue weighted by atomic mass is 10.1. The number of rotatable bonds is 4. The van der Waals surface area contributed by atoms with Crippen LogP contribution in [0.4, 0.5) is 5.69 Å².